The van der Waals surface area contributed by atoms with E-state index in [1.807, 2.05) is 19.9 Å². The number of benzene rings is 1. The summed E-state index contributed by atoms with van der Waals surface area (Å²) in [4.78, 5) is 7.25. The molecule has 0 aliphatic heterocycles. The molecule has 3 nitrogen and oxygen atoms in total. The van der Waals surface area contributed by atoms with Crippen molar-refractivity contribution in [3.05, 3.63) is 39.8 Å². The fourth-order valence-corrected chi connectivity index (χ4v) is 2.17. The van der Waals surface area contributed by atoms with Crippen molar-refractivity contribution in [2.75, 3.05) is 7.11 Å². The first kappa shape index (κ1) is 12.8. The van der Waals surface area contributed by atoms with Gasteiger partial charge in [-0.2, -0.15) is 0 Å². The topological polar surface area (TPSA) is 37.9 Å². The molecule has 0 amide bonds. The fraction of sp³-hybridized carbons (Fsp3) is 0.286. The molecule has 0 spiro atoms. The van der Waals surface area contributed by atoms with Crippen LogP contribution in [0.2, 0.25) is 0 Å². The lowest BCUT2D eigenvalue weighted by molar-refractivity contribution is 0.411. The number of hydrogen-bond acceptors (Lipinski definition) is 3. The second-order valence-corrected chi connectivity index (χ2v) is 4.77. The van der Waals surface area contributed by atoms with E-state index in [-0.39, 0.29) is 0 Å². The van der Waals surface area contributed by atoms with Crippen LogP contribution >= 0.6 is 12.2 Å². The van der Waals surface area contributed by atoms with Crippen molar-refractivity contribution in [3.63, 3.8) is 0 Å². The Morgan fingerprint density at radius 1 is 1.11 bits per heavy atom. The standard InChI is InChI=1S/C14H16N2OS/c1-8-6-12(17-4)9(2)5-11(8)13-10(3)7-15-14(18)16-13/h5-7H,1-4H3,(H,15,16,18). The zero-order chi connectivity index (χ0) is 13.3. The molecule has 0 saturated heterocycles. The minimum absolute atomic E-state index is 0.503. The summed E-state index contributed by atoms with van der Waals surface area (Å²) in [5.74, 6) is 0.904. The number of aromatic nitrogens is 2. The molecule has 0 radical (unpaired) electrons. The van der Waals surface area contributed by atoms with Gasteiger partial charge in [0.2, 0.25) is 0 Å². The first-order valence-corrected chi connectivity index (χ1v) is 6.15. The Morgan fingerprint density at radius 3 is 2.50 bits per heavy atom. The van der Waals surface area contributed by atoms with Gasteiger partial charge in [-0.15, -0.1) is 0 Å². The van der Waals surface area contributed by atoms with E-state index in [1.54, 1.807) is 13.3 Å². The molecule has 4 heteroatoms. The molecule has 2 rings (SSSR count). The number of rotatable bonds is 2. The van der Waals surface area contributed by atoms with Crippen molar-refractivity contribution in [1.82, 2.24) is 9.97 Å². The number of nitrogens with zero attached hydrogens (tertiary/aromatic N) is 1. The van der Waals surface area contributed by atoms with Gasteiger partial charge < -0.3 is 9.72 Å². The minimum atomic E-state index is 0.503. The highest BCUT2D eigenvalue weighted by molar-refractivity contribution is 7.71. The molecule has 0 bridgehead atoms. The van der Waals surface area contributed by atoms with Crippen LogP contribution in [-0.2, 0) is 0 Å². The van der Waals surface area contributed by atoms with Gasteiger partial charge in [-0.05, 0) is 61.8 Å². The lowest BCUT2D eigenvalue weighted by atomic mass is 9.99. The maximum atomic E-state index is 5.33. The molecule has 0 unspecified atom stereocenters. The Hall–Kier alpha value is -1.68. The highest BCUT2D eigenvalue weighted by Gasteiger charge is 2.09. The van der Waals surface area contributed by atoms with Crippen molar-refractivity contribution in [3.8, 4) is 17.0 Å². The van der Waals surface area contributed by atoms with Crippen molar-refractivity contribution in [2.45, 2.75) is 20.8 Å². The lowest BCUT2D eigenvalue weighted by Crippen LogP contribution is -1.96. The van der Waals surface area contributed by atoms with Gasteiger partial charge in [0.1, 0.15) is 5.75 Å². The number of aromatic amines is 1. The summed E-state index contributed by atoms with van der Waals surface area (Å²) in [5.41, 5.74) is 5.50. The van der Waals surface area contributed by atoms with E-state index in [0.717, 1.165) is 33.7 Å². The van der Waals surface area contributed by atoms with E-state index in [4.69, 9.17) is 17.0 Å². The summed E-state index contributed by atoms with van der Waals surface area (Å²) in [5, 5.41) is 0. The van der Waals surface area contributed by atoms with E-state index in [0.29, 0.717) is 4.77 Å². The van der Waals surface area contributed by atoms with Crippen molar-refractivity contribution >= 4 is 12.2 Å². The molecule has 0 aliphatic rings. The van der Waals surface area contributed by atoms with Crippen LogP contribution in [-0.4, -0.2) is 17.1 Å². The molecule has 1 N–H and O–H groups in total. The van der Waals surface area contributed by atoms with Gasteiger partial charge in [0, 0.05) is 11.8 Å². The number of hydrogen-bond donors (Lipinski definition) is 1. The Morgan fingerprint density at radius 2 is 1.83 bits per heavy atom. The molecule has 0 aliphatic carbocycles. The lowest BCUT2D eigenvalue weighted by Gasteiger charge is -2.13. The molecule has 94 valence electrons. The largest absolute Gasteiger partial charge is 0.496 e. The van der Waals surface area contributed by atoms with Gasteiger partial charge in [0.15, 0.2) is 4.77 Å². The van der Waals surface area contributed by atoms with Gasteiger partial charge in [-0.3, -0.25) is 0 Å². The van der Waals surface area contributed by atoms with Gasteiger partial charge in [-0.25, -0.2) is 4.98 Å². The van der Waals surface area contributed by atoms with Crippen LogP contribution in [0.5, 0.6) is 5.75 Å². The normalized spacial score (nSPS) is 10.4. The summed E-state index contributed by atoms with van der Waals surface area (Å²) in [6.07, 6.45) is 1.80. The Labute approximate surface area is 112 Å². The van der Waals surface area contributed by atoms with E-state index in [2.05, 4.69) is 23.0 Å². The van der Waals surface area contributed by atoms with Gasteiger partial charge in [0.05, 0.1) is 12.8 Å². The predicted octanol–water partition coefficient (Wildman–Crippen LogP) is 3.74. The molecule has 1 aromatic carbocycles. The van der Waals surface area contributed by atoms with Crippen LogP contribution in [0.4, 0.5) is 0 Å². The quantitative estimate of drug-likeness (QED) is 0.836. The van der Waals surface area contributed by atoms with Crippen LogP contribution in [0.15, 0.2) is 18.3 Å². The van der Waals surface area contributed by atoms with Crippen LogP contribution in [0, 0.1) is 25.5 Å². The van der Waals surface area contributed by atoms with Crippen molar-refractivity contribution in [1.29, 1.82) is 0 Å². The smallest absolute Gasteiger partial charge is 0.197 e. The summed E-state index contributed by atoms with van der Waals surface area (Å²) in [6.45, 7) is 6.12. The van der Waals surface area contributed by atoms with Crippen LogP contribution in [0.3, 0.4) is 0 Å². The minimum Gasteiger partial charge on any atom is -0.496 e. The molecule has 0 atom stereocenters. The van der Waals surface area contributed by atoms with E-state index < -0.39 is 0 Å². The van der Waals surface area contributed by atoms with Crippen molar-refractivity contribution in [2.24, 2.45) is 0 Å². The van der Waals surface area contributed by atoms with Crippen LogP contribution in [0.25, 0.3) is 11.3 Å². The number of methoxy groups -OCH3 is 1. The van der Waals surface area contributed by atoms with Crippen molar-refractivity contribution < 1.29 is 4.74 Å². The average molecular weight is 260 g/mol. The molecule has 1 aromatic heterocycles. The molecular weight excluding hydrogens is 244 g/mol. The summed E-state index contributed by atoms with van der Waals surface area (Å²) < 4.78 is 5.83. The van der Waals surface area contributed by atoms with Crippen LogP contribution < -0.4 is 4.74 Å². The number of ether oxygens (including phenoxy) is 1. The number of H-pyrrole nitrogens is 1. The van der Waals surface area contributed by atoms with Gasteiger partial charge in [-0.1, -0.05) is 0 Å². The Kier molecular flexibility index (Phi) is 3.48. The zero-order valence-corrected chi connectivity index (χ0v) is 11.8. The summed E-state index contributed by atoms with van der Waals surface area (Å²) >= 11 is 5.09. The van der Waals surface area contributed by atoms with Crippen LogP contribution in [0.1, 0.15) is 16.7 Å². The maximum Gasteiger partial charge on any atom is 0.197 e. The second kappa shape index (κ2) is 4.90. The zero-order valence-electron chi connectivity index (χ0n) is 11.0. The molecular formula is C14H16N2OS. The number of aryl methyl sites for hydroxylation is 3. The second-order valence-electron chi connectivity index (χ2n) is 4.38. The molecule has 0 fully saturated rings. The first-order chi connectivity index (χ1) is 8.52. The summed E-state index contributed by atoms with van der Waals surface area (Å²) in [6, 6.07) is 4.16. The van der Waals surface area contributed by atoms with Gasteiger partial charge >= 0.3 is 0 Å². The molecule has 2 aromatic rings. The maximum absolute atomic E-state index is 5.33. The third-order valence-electron chi connectivity index (χ3n) is 3.01. The third-order valence-corrected chi connectivity index (χ3v) is 3.22. The highest BCUT2D eigenvalue weighted by atomic mass is 32.1. The summed E-state index contributed by atoms with van der Waals surface area (Å²) in [7, 11) is 1.69. The molecule has 1 heterocycles. The highest BCUT2D eigenvalue weighted by Crippen LogP contribution is 2.30. The predicted molar refractivity (Wildman–Crippen MR) is 75.6 cm³/mol. The molecule has 18 heavy (non-hydrogen) atoms. The van der Waals surface area contributed by atoms with Gasteiger partial charge in [0.25, 0.3) is 0 Å². The monoisotopic (exact) mass is 260 g/mol. The number of nitrogens with one attached hydrogen (secondary N) is 1. The Bertz CT molecular complexity index is 647. The SMILES string of the molecule is COc1cc(C)c(-c2[nH]c(=S)ncc2C)cc1C. The van der Waals surface area contributed by atoms with E-state index >= 15 is 0 Å². The molecule has 0 saturated carbocycles. The van der Waals surface area contributed by atoms with E-state index in [1.165, 1.54) is 0 Å². The third kappa shape index (κ3) is 2.29. The fourth-order valence-electron chi connectivity index (χ4n) is 2.02. The average Bonchev–Trinajstić information content (AvgIpc) is 2.35. The first-order valence-electron chi connectivity index (χ1n) is 5.74. The Balaban J connectivity index is 2.68. The van der Waals surface area contributed by atoms with E-state index in [9.17, 15) is 0 Å².